The van der Waals surface area contributed by atoms with Gasteiger partial charge >= 0.3 is 0 Å². The van der Waals surface area contributed by atoms with Crippen LogP contribution in [0.5, 0.6) is 17.2 Å². The summed E-state index contributed by atoms with van der Waals surface area (Å²) in [6.45, 7) is 8.18. The average Bonchev–Trinajstić information content (AvgIpc) is 2.73. The maximum absolute atomic E-state index is 5.89. The maximum Gasteiger partial charge on any atom is 0.162 e. The molecule has 0 saturated heterocycles. The van der Waals surface area contributed by atoms with Crippen LogP contribution in [0.2, 0.25) is 0 Å². The van der Waals surface area contributed by atoms with Gasteiger partial charge in [0.25, 0.3) is 0 Å². The van der Waals surface area contributed by atoms with Crippen molar-refractivity contribution in [3.63, 3.8) is 0 Å². The summed E-state index contributed by atoms with van der Waals surface area (Å²) in [7, 11) is 0. The zero-order chi connectivity index (χ0) is 17.0. The minimum absolute atomic E-state index is 0.00711. The summed E-state index contributed by atoms with van der Waals surface area (Å²) in [6, 6.07) is 13.6. The van der Waals surface area contributed by atoms with E-state index in [4.69, 9.17) is 14.2 Å². The van der Waals surface area contributed by atoms with Crippen LogP contribution in [0.4, 0.5) is 0 Å². The lowest BCUT2D eigenvalue weighted by atomic mass is 9.97. The van der Waals surface area contributed by atoms with Gasteiger partial charge in [-0.25, -0.2) is 0 Å². The lowest BCUT2D eigenvalue weighted by Crippen LogP contribution is -2.26. The van der Waals surface area contributed by atoms with Gasteiger partial charge in [-0.15, -0.1) is 0 Å². The van der Waals surface area contributed by atoms with E-state index < -0.39 is 0 Å². The molecule has 0 aliphatic carbocycles. The molecule has 3 rings (SSSR count). The largest absolute Gasteiger partial charge is 0.494 e. The maximum atomic E-state index is 5.89. The van der Waals surface area contributed by atoms with Crippen molar-refractivity contribution in [3.05, 3.63) is 53.6 Å². The average molecular weight is 322 g/mol. The Labute approximate surface area is 143 Å². The Bertz CT molecular complexity index is 764. The van der Waals surface area contributed by atoms with Gasteiger partial charge in [0.2, 0.25) is 0 Å². The van der Waals surface area contributed by atoms with E-state index in [0.29, 0.717) is 19.8 Å². The molecule has 1 heterocycles. The zero-order valence-electron chi connectivity index (χ0n) is 14.4. The quantitative estimate of drug-likeness (QED) is 0.772. The fourth-order valence-corrected chi connectivity index (χ4v) is 2.35. The van der Waals surface area contributed by atoms with E-state index in [1.54, 1.807) is 0 Å². The summed E-state index contributed by atoms with van der Waals surface area (Å²) in [5, 5.41) is 0. The Morgan fingerprint density at radius 2 is 1.54 bits per heavy atom. The van der Waals surface area contributed by atoms with E-state index in [-0.39, 0.29) is 5.41 Å². The Morgan fingerprint density at radius 1 is 0.917 bits per heavy atom. The van der Waals surface area contributed by atoms with Crippen molar-refractivity contribution >= 4 is 0 Å². The molecule has 0 atom stereocenters. The molecule has 0 radical (unpaired) electrons. The minimum atomic E-state index is 0.00711. The first-order valence-electron chi connectivity index (χ1n) is 8.20. The van der Waals surface area contributed by atoms with Crippen molar-refractivity contribution in [3.8, 4) is 29.1 Å². The molecular formula is C21H22O3. The molecular weight excluding hydrogens is 300 g/mol. The number of ether oxygens (including phenoxy) is 3. The SMILES string of the molecule is CCOc1ccc(C#Cc2ccc3c(c2)OCC(C)(C)CO3)cc1. The van der Waals surface area contributed by atoms with Gasteiger partial charge in [-0.1, -0.05) is 25.7 Å². The molecule has 2 aromatic carbocycles. The third-order valence-electron chi connectivity index (χ3n) is 3.70. The molecule has 24 heavy (non-hydrogen) atoms. The number of rotatable bonds is 2. The lowest BCUT2D eigenvalue weighted by Gasteiger charge is -2.19. The molecule has 124 valence electrons. The highest BCUT2D eigenvalue weighted by Crippen LogP contribution is 2.34. The van der Waals surface area contributed by atoms with Crippen LogP contribution < -0.4 is 14.2 Å². The monoisotopic (exact) mass is 322 g/mol. The summed E-state index contributed by atoms with van der Waals surface area (Å²) in [4.78, 5) is 0. The van der Waals surface area contributed by atoms with Crippen LogP contribution in [0.15, 0.2) is 42.5 Å². The van der Waals surface area contributed by atoms with E-state index in [0.717, 1.165) is 28.4 Å². The topological polar surface area (TPSA) is 27.7 Å². The van der Waals surface area contributed by atoms with Gasteiger partial charge in [-0.2, -0.15) is 0 Å². The van der Waals surface area contributed by atoms with Gasteiger partial charge in [0, 0.05) is 16.5 Å². The first kappa shape index (κ1) is 16.3. The molecule has 0 bridgehead atoms. The van der Waals surface area contributed by atoms with Gasteiger partial charge in [0.15, 0.2) is 11.5 Å². The zero-order valence-corrected chi connectivity index (χ0v) is 14.4. The smallest absolute Gasteiger partial charge is 0.162 e. The molecule has 0 N–H and O–H groups in total. The summed E-state index contributed by atoms with van der Waals surface area (Å²) < 4.78 is 17.2. The van der Waals surface area contributed by atoms with Crippen LogP contribution in [0.25, 0.3) is 0 Å². The van der Waals surface area contributed by atoms with E-state index in [1.165, 1.54) is 0 Å². The molecule has 2 aromatic rings. The second-order valence-electron chi connectivity index (χ2n) is 6.61. The molecule has 3 nitrogen and oxygen atoms in total. The standard InChI is InChI=1S/C21H22O3/c1-4-22-18-10-7-16(8-11-18)5-6-17-9-12-19-20(13-17)24-15-21(2,3)14-23-19/h7-13H,4,14-15H2,1-3H3. The van der Waals surface area contributed by atoms with Gasteiger partial charge in [-0.05, 0) is 49.4 Å². The summed E-state index contributed by atoms with van der Waals surface area (Å²) in [5.41, 5.74) is 1.87. The summed E-state index contributed by atoms with van der Waals surface area (Å²) in [5.74, 6) is 8.75. The normalized spacial score (nSPS) is 15.0. The van der Waals surface area contributed by atoms with Crippen molar-refractivity contribution in [1.29, 1.82) is 0 Å². The Morgan fingerprint density at radius 3 is 2.25 bits per heavy atom. The number of fused-ring (bicyclic) bond motifs is 1. The molecule has 1 aliphatic rings. The van der Waals surface area contributed by atoms with E-state index in [1.807, 2.05) is 49.4 Å². The molecule has 0 fully saturated rings. The highest BCUT2D eigenvalue weighted by atomic mass is 16.5. The van der Waals surface area contributed by atoms with Crippen LogP contribution in [-0.2, 0) is 0 Å². The second-order valence-corrected chi connectivity index (χ2v) is 6.61. The van der Waals surface area contributed by atoms with Gasteiger partial charge in [0.05, 0.1) is 19.8 Å². The minimum Gasteiger partial charge on any atom is -0.494 e. The van der Waals surface area contributed by atoms with Crippen LogP contribution in [-0.4, -0.2) is 19.8 Å². The third kappa shape index (κ3) is 4.02. The first-order valence-corrected chi connectivity index (χ1v) is 8.20. The predicted molar refractivity (Wildman–Crippen MR) is 94.8 cm³/mol. The predicted octanol–water partition coefficient (Wildman–Crippen LogP) is 4.28. The fraction of sp³-hybridized carbons (Fsp3) is 0.333. The molecule has 3 heteroatoms. The Kier molecular flexibility index (Phi) is 4.66. The number of benzene rings is 2. The number of hydrogen-bond acceptors (Lipinski definition) is 3. The Balaban J connectivity index is 1.76. The highest BCUT2D eigenvalue weighted by Gasteiger charge is 2.25. The van der Waals surface area contributed by atoms with Gasteiger partial charge < -0.3 is 14.2 Å². The third-order valence-corrected chi connectivity index (χ3v) is 3.70. The van der Waals surface area contributed by atoms with Crippen molar-refractivity contribution < 1.29 is 14.2 Å². The first-order chi connectivity index (χ1) is 11.6. The molecule has 0 saturated carbocycles. The van der Waals surface area contributed by atoms with Crippen molar-refractivity contribution in [1.82, 2.24) is 0 Å². The van der Waals surface area contributed by atoms with Gasteiger partial charge in [-0.3, -0.25) is 0 Å². The summed E-state index contributed by atoms with van der Waals surface area (Å²) in [6.07, 6.45) is 0. The molecule has 0 aromatic heterocycles. The van der Waals surface area contributed by atoms with E-state index >= 15 is 0 Å². The highest BCUT2D eigenvalue weighted by molar-refractivity contribution is 5.51. The number of hydrogen-bond donors (Lipinski definition) is 0. The van der Waals surface area contributed by atoms with Crippen molar-refractivity contribution in [2.24, 2.45) is 5.41 Å². The van der Waals surface area contributed by atoms with Crippen molar-refractivity contribution in [2.45, 2.75) is 20.8 Å². The molecule has 0 spiro atoms. The Hall–Kier alpha value is -2.60. The fourth-order valence-electron chi connectivity index (χ4n) is 2.35. The van der Waals surface area contributed by atoms with Crippen molar-refractivity contribution in [2.75, 3.05) is 19.8 Å². The molecule has 1 aliphatic heterocycles. The lowest BCUT2D eigenvalue weighted by molar-refractivity contribution is 0.140. The van der Waals surface area contributed by atoms with Crippen LogP contribution in [0.1, 0.15) is 31.9 Å². The molecule has 0 amide bonds. The van der Waals surface area contributed by atoms with E-state index in [2.05, 4.69) is 25.7 Å². The summed E-state index contributed by atoms with van der Waals surface area (Å²) >= 11 is 0. The van der Waals surface area contributed by atoms with Crippen LogP contribution in [0.3, 0.4) is 0 Å². The van der Waals surface area contributed by atoms with E-state index in [9.17, 15) is 0 Å². The van der Waals surface area contributed by atoms with Crippen LogP contribution >= 0.6 is 0 Å². The molecule has 0 unspecified atom stereocenters. The second kappa shape index (κ2) is 6.88. The van der Waals surface area contributed by atoms with Gasteiger partial charge in [0.1, 0.15) is 5.75 Å². The van der Waals surface area contributed by atoms with Crippen LogP contribution in [0, 0.1) is 17.3 Å².